The molecule has 5 rings (SSSR count). The molecule has 1 aromatic rings. The molecule has 1 aromatic carbocycles. The van der Waals surface area contributed by atoms with Crippen LogP contribution in [0.2, 0.25) is 0 Å². The van der Waals surface area contributed by atoms with Crippen LogP contribution in [0, 0.1) is 25.2 Å². The van der Waals surface area contributed by atoms with Crippen molar-refractivity contribution in [3.8, 4) is 0 Å². The molecule has 4 aliphatic rings. The van der Waals surface area contributed by atoms with Crippen LogP contribution in [0.15, 0.2) is 18.2 Å². The summed E-state index contributed by atoms with van der Waals surface area (Å²) in [5, 5.41) is 2.88. The third-order valence-corrected chi connectivity index (χ3v) is 7.84. The van der Waals surface area contributed by atoms with Crippen LogP contribution in [-0.2, 0) is 9.53 Å². The summed E-state index contributed by atoms with van der Waals surface area (Å²) in [6.45, 7) is 6.60. The summed E-state index contributed by atoms with van der Waals surface area (Å²) >= 11 is 0. The minimum Gasteiger partial charge on any atom is -0.447 e. The molecule has 0 atom stereocenters. The molecule has 2 aliphatic carbocycles. The van der Waals surface area contributed by atoms with Gasteiger partial charge in [-0.2, -0.15) is 0 Å². The number of carbonyl (C=O) groups is 2. The number of piperidine rings is 1. The van der Waals surface area contributed by atoms with Crippen molar-refractivity contribution in [2.75, 3.05) is 19.7 Å². The Balaban J connectivity index is 1.13. The van der Waals surface area contributed by atoms with Gasteiger partial charge in [-0.1, -0.05) is 23.8 Å². The first-order chi connectivity index (χ1) is 13.4. The first-order valence-corrected chi connectivity index (χ1v) is 10.7. The molecule has 0 radical (unpaired) electrons. The summed E-state index contributed by atoms with van der Waals surface area (Å²) in [5.41, 5.74) is 4.49. The molecular formula is C23H30N2O3. The number of ether oxygens (including phenoxy) is 1. The van der Waals surface area contributed by atoms with E-state index in [0.717, 1.165) is 38.8 Å². The number of nitrogens with zero attached hydrogens (tertiary/aromatic N) is 1. The maximum absolute atomic E-state index is 12.9. The van der Waals surface area contributed by atoms with Crippen LogP contribution >= 0.6 is 0 Å². The van der Waals surface area contributed by atoms with Gasteiger partial charge in [0.2, 0.25) is 5.91 Å². The number of carbonyl (C=O) groups excluding carboxylic acids is 2. The number of cyclic esters (lactones) is 1. The SMILES string of the molecule is Cc1ccc(C)c(C2CC3(CCN(C(=O)C4CC5(COC(=O)N5)C4)CC3)C2)c1. The number of rotatable bonds is 2. The van der Waals surface area contributed by atoms with Gasteiger partial charge in [0.1, 0.15) is 6.61 Å². The second-order valence-electron chi connectivity index (χ2n) is 9.88. The smallest absolute Gasteiger partial charge is 0.407 e. The number of benzene rings is 1. The van der Waals surface area contributed by atoms with Gasteiger partial charge >= 0.3 is 6.09 Å². The Morgan fingerprint density at radius 3 is 2.50 bits per heavy atom. The van der Waals surface area contributed by atoms with E-state index in [-0.39, 0.29) is 23.5 Å². The lowest BCUT2D eigenvalue weighted by Gasteiger charge is -2.53. The summed E-state index contributed by atoms with van der Waals surface area (Å²) in [7, 11) is 0. The van der Waals surface area contributed by atoms with Gasteiger partial charge in [0.25, 0.3) is 0 Å². The molecule has 2 saturated carbocycles. The Morgan fingerprint density at radius 2 is 1.86 bits per heavy atom. The fraction of sp³-hybridized carbons (Fsp3) is 0.652. The van der Waals surface area contributed by atoms with Gasteiger partial charge in [0, 0.05) is 19.0 Å². The van der Waals surface area contributed by atoms with E-state index in [9.17, 15) is 9.59 Å². The van der Waals surface area contributed by atoms with E-state index in [0.29, 0.717) is 17.9 Å². The van der Waals surface area contributed by atoms with Crippen LogP contribution in [0.4, 0.5) is 4.79 Å². The van der Waals surface area contributed by atoms with Crippen LogP contribution in [0.25, 0.3) is 0 Å². The van der Waals surface area contributed by atoms with Crippen molar-refractivity contribution in [3.05, 3.63) is 34.9 Å². The molecule has 2 heterocycles. The standard InChI is InChI=1S/C23H30N2O3/c1-15-3-4-16(2)19(9-15)17-10-22(11-17)5-7-25(8-6-22)20(26)18-12-23(13-18)14-28-21(27)24-23/h3-4,9,17-18H,5-8,10-14H2,1-2H3,(H,24,27). The third kappa shape index (κ3) is 2.90. The number of aryl methyl sites for hydroxylation is 2. The van der Waals surface area contributed by atoms with Crippen LogP contribution in [-0.4, -0.2) is 42.1 Å². The van der Waals surface area contributed by atoms with Crippen molar-refractivity contribution in [2.24, 2.45) is 11.3 Å². The van der Waals surface area contributed by atoms with Crippen molar-refractivity contribution in [1.82, 2.24) is 10.2 Å². The molecule has 2 spiro atoms. The minimum atomic E-state index is -0.339. The summed E-state index contributed by atoms with van der Waals surface area (Å²) in [6.07, 6.45) is 5.94. The fourth-order valence-electron chi connectivity index (χ4n) is 6.04. The molecule has 1 N–H and O–H groups in total. The van der Waals surface area contributed by atoms with Gasteiger partial charge < -0.3 is 15.0 Å². The first kappa shape index (κ1) is 18.0. The lowest BCUT2D eigenvalue weighted by Crippen LogP contribution is -2.59. The second kappa shape index (κ2) is 6.23. The summed E-state index contributed by atoms with van der Waals surface area (Å²) < 4.78 is 5.02. The van der Waals surface area contributed by atoms with Gasteiger partial charge in [-0.25, -0.2) is 4.79 Å². The maximum Gasteiger partial charge on any atom is 0.407 e. The lowest BCUT2D eigenvalue weighted by atomic mass is 9.55. The number of amides is 2. The molecule has 5 nitrogen and oxygen atoms in total. The molecule has 150 valence electrons. The average molecular weight is 383 g/mol. The zero-order valence-corrected chi connectivity index (χ0v) is 16.9. The minimum absolute atomic E-state index is 0.0557. The number of nitrogens with one attached hydrogen (secondary N) is 1. The topological polar surface area (TPSA) is 58.6 Å². The van der Waals surface area contributed by atoms with Gasteiger partial charge in [-0.05, 0) is 74.8 Å². The van der Waals surface area contributed by atoms with Gasteiger partial charge in [0.15, 0.2) is 0 Å². The Kier molecular flexibility index (Phi) is 4.01. The van der Waals surface area contributed by atoms with E-state index in [4.69, 9.17) is 4.74 Å². The number of alkyl carbamates (subject to hydrolysis) is 1. The molecule has 0 bridgehead atoms. The predicted molar refractivity (Wildman–Crippen MR) is 106 cm³/mol. The van der Waals surface area contributed by atoms with E-state index >= 15 is 0 Å². The molecule has 2 amide bonds. The largest absolute Gasteiger partial charge is 0.447 e. The Hall–Kier alpha value is -2.04. The normalized spacial score (nSPS) is 27.9. The van der Waals surface area contributed by atoms with Crippen LogP contribution in [0.3, 0.4) is 0 Å². The second-order valence-corrected chi connectivity index (χ2v) is 9.88. The van der Waals surface area contributed by atoms with E-state index in [2.05, 4.69) is 42.3 Å². The predicted octanol–water partition coefficient (Wildman–Crippen LogP) is 3.68. The maximum atomic E-state index is 12.9. The van der Waals surface area contributed by atoms with E-state index in [1.54, 1.807) is 0 Å². The Labute approximate surface area is 166 Å². The number of hydrogen-bond donors (Lipinski definition) is 1. The summed E-state index contributed by atoms with van der Waals surface area (Å²) in [4.78, 5) is 26.2. The summed E-state index contributed by atoms with van der Waals surface area (Å²) in [5.74, 6) is 1.03. The highest BCUT2D eigenvalue weighted by molar-refractivity contribution is 5.81. The van der Waals surface area contributed by atoms with Crippen molar-refractivity contribution < 1.29 is 14.3 Å². The highest BCUT2D eigenvalue weighted by atomic mass is 16.6. The van der Waals surface area contributed by atoms with Crippen molar-refractivity contribution in [3.63, 3.8) is 0 Å². The third-order valence-electron chi connectivity index (χ3n) is 7.84. The Morgan fingerprint density at radius 1 is 1.14 bits per heavy atom. The van der Waals surface area contributed by atoms with Gasteiger partial charge in [0.05, 0.1) is 5.54 Å². The zero-order chi connectivity index (χ0) is 19.5. The van der Waals surface area contributed by atoms with Crippen LogP contribution in [0.5, 0.6) is 0 Å². The molecule has 0 unspecified atom stereocenters. The fourth-order valence-corrected chi connectivity index (χ4v) is 6.04. The van der Waals surface area contributed by atoms with Crippen molar-refractivity contribution >= 4 is 12.0 Å². The van der Waals surface area contributed by atoms with Crippen LogP contribution in [0.1, 0.15) is 61.1 Å². The molecule has 28 heavy (non-hydrogen) atoms. The monoisotopic (exact) mass is 382 g/mol. The average Bonchev–Trinajstić information content (AvgIpc) is 3.02. The van der Waals surface area contributed by atoms with Crippen molar-refractivity contribution in [2.45, 2.75) is 63.8 Å². The molecular weight excluding hydrogens is 352 g/mol. The zero-order valence-electron chi connectivity index (χ0n) is 16.9. The van der Waals surface area contributed by atoms with Gasteiger partial charge in [-0.15, -0.1) is 0 Å². The van der Waals surface area contributed by atoms with Crippen molar-refractivity contribution in [1.29, 1.82) is 0 Å². The number of hydrogen-bond acceptors (Lipinski definition) is 3. The van der Waals surface area contributed by atoms with E-state index < -0.39 is 0 Å². The summed E-state index contributed by atoms with van der Waals surface area (Å²) in [6, 6.07) is 6.81. The molecule has 5 heteroatoms. The van der Waals surface area contributed by atoms with E-state index in [1.165, 1.54) is 29.5 Å². The molecule has 4 fully saturated rings. The molecule has 0 aromatic heterocycles. The highest BCUT2D eigenvalue weighted by Gasteiger charge is 2.54. The molecule has 2 saturated heterocycles. The van der Waals surface area contributed by atoms with Gasteiger partial charge in [-0.3, -0.25) is 4.79 Å². The number of likely N-dealkylation sites (tertiary alicyclic amines) is 1. The van der Waals surface area contributed by atoms with Crippen LogP contribution < -0.4 is 5.32 Å². The molecule has 2 aliphatic heterocycles. The highest BCUT2D eigenvalue weighted by Crippen LogP contribution is 2.57. The Bertz CT molecular complexity index is 811. The van der Waals surface area contributed by atoms with E-state index in [1.807, 2.05) is 0 Å². The lowest BCUT2D eigenvalue weighted by molar-refractivity contribution is -0.144. The quantitative estimate of drug-likeness (QED) is 0.849. The first-order valence-electron chi connectivity index (χ1n) is 10.7.